The van der Waals surface area contributed by atoms with Gasteiger partial charge in [-0.05, 0) is 23.7 Å². The maximum absolute atomic E-state index is 8.83. The van der Waals surface area contributed by atoms with Crippen molar-refractivity contribution in [3.8, 4) is 6.07 Å². The van der Waals surface area contributed by atoms with Crippen molar-refractivity contribution in [2.24, 2.45) is 10.8 Å². The highest BCUT2D eigenvalue weighted by Gasteiger charge is 2.40. The predicted molar refractivity (Wildman–Crippen MR) is 69.7 cm³/mol. The van der Waals surface area contributed by atoms with Gasteiger partial charge in [0.15, 0.2) is 8.32 Å². The fraction of sp³-hybridized carbons (Fsp3) is 0.900. The molecule has 0 radical (unpaired) electrons. The molecular formula is C10H21N5OSi. The summed E-state index contributed by atoms with van der Waals surface area (Å²) in [5, 5.41) is 12.3. The van der Waals surface area contributed by atoms with Gasteiger partial charge in [-0.2, -0.15) is 5.26 Å². The van der Waals surface area contributed by atoms with Crippen LogP contribution in [-0.4, -0.2) is 27.0 Å². The topological polar surface area (TPSA) is 108 Å². The molecule has 0 aliphatic carbocycles. The zero-order valence-corrected chi connectivity index (χ0v) is 12.1. The minimum absolute atomic E-state index is 0.0246. The predicted octanol–water partition coefficient (Wildman–Crippen LogP) is 2.54. The van der Waals surface area contributed by atoms with E-state index in [2.05, 4.69) is 43.9 Å². The van der Waals surface area contributed by atoms with E-state index in [4.69, 9.17) is 21.0 Å². The molecule has 2 atom stereocenters. The van der Waals surface area contributed by atoms with Gasteiger partial charge < -0.3 is 10.2 Å². The van der Waals surface area contributed by atoms with Crippen LogP contribution in [0.2, 0.25) is 18.1 Å². The minimum Gasteiger partial charge on any atom is -0.411 e. The monoisotopic (exact) mass is 255 g/mol. The molecule has 96 valence electrons. The molecule has 0 bridgehead atoms. The lowest BCUT2D eigenvalue weighted by Gasteiger charge is -2.39. The second kappa shape index (κ2) is 6.03. The fourth-order valence-electron chi connectivity index (χ4n) is 0.979. The Balaban J connectivity index is 4.87. The Morgan fingerprint density at radius 3 is 2.41 bits per heavy atom. The summed E-state index contributed by atoms with van der Waals surface area (Å²) in [5.74, 6) is 0. The van der Waals surface area contributed by atoms with Crippen molar-refractivity contribution in [3.63, 3.8) is 0 Å². The van der Waals surface area contributed by atoms with Crippen molar-refractivity contribution >= 4 is 8.32 Å². The Labute approximate surface area is 104 Å². The van der Waals surface area contributed by atoms with Crippen LogP contribution in [0.4, 0.5) is 0 Å². The first kappa shape index (κ1) is 15.9. The average molecular weight is 255 g/mol. The summed E-state index contributed by atoms with van der Waals surface area (Å²) in [6, 6.07) is 1.17. The van der Waals surface area contributed by atoms with Gasteiger partial charge in [0.1, 0.15) is 6.04 Å². The Kier molecular flexibility index (Phi) is 5.65. The quantitative estimate of drug-likeness (QED) is 0.353. The number of nitrogens with zero attached hydrogens (tertiary/aromatic N) is 4. The molecule has 6 nitrogen and oxygen atoms in total. The molecule has 0 saturated carbocycles. The molecule has 0 aliphatic heterocycles. The summed E-state index contributed by atoms with van der Waals surface area (Å²) in [6.07, 6.45) is -0.531. The van der Waals surface area contributed by atoms with Gasteiger partial charge in [0, 0.05) is 4.91 Å². The lowest BCUT2D eigenvalue weighted by atomic mass is 10.2. The van der Waals surface area contributed by atoms with Crippen LogP contribution in [0.25, 0.3) is 10.4 Å². The van der Waals surface area contributed by atoms with Gasteiger partial charge in [-0.3, -0.25) is 0 Å². The summed E-state index contributed by atoms with van der Waals surface area (Å²) in [5.41, 5.74) is 14.0. The first-order chi connectivity index (χ1) is 7.65. The third-order valence-corrected chi connectivity index (χ3v) is 7.63. The molecule has 0 rings (SSSR count). The molecule has 0 aromatic rings. The highest BCUT2D eigenvalue weighted by Crippen LogP contribution is 2.37. The van der Waals surface area contributed by atoms with Gasteiger partial charge in [-0.1, -0.05) is 25.9 Å². The Morgan fingerprint density at radius 2 is 2.06 bits per heavy atom. The molecule has 2 N–H and O–H groups in total. The van der Waals surface area contributed by atoms with E-state index in [1.54, 1.807) is 0 Å². The van der Waals surface area contributed by atoms with E-state index in [1.807, 2.05) is 6.07 Å². The van der Waals surface area contributed by atoms with E-state index < -0.39 is 20.5 Å². The molecule has 0 aromatic heterocycles. The van der Waals surface area contributed by atoms with E-state index in [0.717, 1.165) is 0 Å². The molecule has 0 heterocycles. The molecule has 0 spiro atoms. The van der Waals surface area contributed by atoms with Gasteiger partial charge in [0.2, 0.25) is 0 Å². The van der Waals surface area contributed by atoms with E-state index in [0.29, 0.717) is 0 Å². The number of nitriles is 1. The van der Waals surface area contributed by atoms with Crippen molar-refractivity contribution < 1.29 is 4.43 Å². The van der Waals surface area contributed by atoms with Crippen molar-refractivity contribution in [1.29, 1.82) is 5.26 Å². The SMILES string of the molecule is CC(C)(C)[Si](C)(C)O[C@H](CN=[N+]=[N-])[C@H](N)C#N. The summed E-state index contributed by atoms with van der Waals surface area (Å²) in [6.45, 7) is 10.5. The summed E-state index contributed by atoms with van der Waals surface area (Å²) in [4.78, 5) is 2.68. The summed E-state index contributed by atoms with van der Waals surface area (Å²) < 4.78 is 5.98. The molecule has 0 aromatic carbocycles. The van der Waals surface area contributed by atoms with Crippen LogP contribution < -0.4 is 5.73 Å². The summed E-state index contributed by atoms with van der Waals surface area (Å²) >= 11 is 0. The second-order valence-electron chi connectivity index (χ2n) is 5.48. The smallest absolute Gasteiger partial charge is 0.192 e. The highest BCUT2D eigenvalue weighted by atomic mass is 28.4. The van der Waals surface area contributed by atoms with E-state index >= 15 is 0 Å². The zero-order valence-electron chi connectivity index (χ0n) is 11.1. The van der Waals surface area contributed by atoms with Gasteiger partial charge >= 0.3 is 0 Å². The van der Waals surface area contributed by atoms with Crippen LogP contribution in [0.3, 0.4) is 0 Å². The molecule has 0 saturated heterocycles. The largest absolute Gasteiger partial charge is 0.411 e. The van der Waals surface area contributed by atoms with Crippen LogP contribution in [0, 0.1) is 11.3 Å². The number of hydrogen-bond acceptors (Lipinski definition) is 4. The lowest BCUT2D eigenvalue weighted by Crippen LogP contribution is -2.50. The average Bonchev–Trinajstić information content (AvgIpc) is 2.21. The van der Waals surface area contributed by atoms with Crippen LogP contribution >= 0.6 is 0 Å². The van der Waals surface area contributed by atoms with Gasteiger partial charge in [0.05, 0.1) is 18.7 Å². The molecule has 17 heavy (non-hydrogen) atoms. The first-order valence-electron chi connectivity index (χ1n) is 5.49. The second-order valence-corrected chi connectivity index (χ2v) is 10.2. The summed E-state index contributed by atoms with van der Waals surface area (Å²) in [7, 11) is -2.01. The minimum atomic E-state index is -2.01. The van der Waals surface area contributed by atoms with Crippen LogP contribution in [0.5, 0.6) is 0 Å². The maximum atomic E-state index is 8.83. The fourth-order valence-corrected chi connectivity index (χ4v) is 2.31. The normalized spacial score (nSPS) is 15.6. The molecule has 0 fully saturated rings. The van der Waals surface area contributed by atoms with Crippen molar-refractivity contribution in [2.75, 3.05) is 6.54 Å². The number of nitrogens with two attached hydrogens (primary N) is 1. The molecular weight excluding hydrogens is 234 g/mol. The maximum Gasteiger partial charge on any atom is 0.192 e. The lowest BCUT2D eigenvalue weighted by molar-refractivity contribution is 0.176. The Morgan fingerprint density at radius 1 is 1.53 bits per heavy atom. The van der Waals surface area contributed by atoms with E-state index in [-0.39, 0.29) is 11.6 Å². The van der Waals surface area contributed by atoms with Gasteiger partial charge in [0.25, 0.3) is 0 Å². The van der Waals surface area contributed by atoms with Crippen molar-refractivity contribution in [3.05, 3.63) is 10.4 Å². The third kappa shape index (κ3) is 4.75. The molecule has 0 amide bonds. The number of rotatable bonds is 5. The van der Waals surface area contributed by atoms with E-state index in [9.17, 15) is 0 Å². The highest BCUT2D eigenvalue weighted by molar-refractivity contribution is 6.74. The van der Waals surface area contributed by atoms with Crippen LogP contribution in [0.15, 0.2) is 5.11 Å². The van der Waals surface area contributed by atoms with Gasteiger partial charge in [-0.25, -0.2) is 0 Å². The zero-order chi connectivity index (χ0) is 13.7. The number of hydrogen-bond donors (Lipinski definition) is 1. The first-order valence-corrected chi connectivity index (χ1v) is 8.40. The number of azide groups is 1. The van der Waals surface area contributed by atoms with Crippen molar-refractivity contribution in [2.45, 2.75) is 51.0 Å². The molecule has 0 aliphatic rings. The standard InChI is InChI=1S/C10H21N5OSi/c1-10(2,3)17(4,5)16-9(7-14-15-13)8(12)6-11/h8-9H,7,12H2,1-5H3/t8-,9-/m1/s1. The third-order valence-electron chi connectivity index (χ3n) is 3.13. The Bertz CT molecular complexity index is 338. The Hall–Kier alpha value is -1.06. The van der Waals surface area contributed by atoms with Crippen LogP contribution in [0.1, 0.15) is 20.8 Å². The molecule has 7 heteroatoms. The van der Waals surface area contributed by atoms with E-state index in [1.165, 1.54) is 0 Å². The van der Waals surface area contributed by atoms with Crippen LogP contribution in [-0.2, 0) is 4.43 Å². The molecule has 0 unspecified atom stereocenters. The van der Waals surface area contributed by atoms with Crippen molar-refractivity contribution in [1.82, 2.24) is 0 Å². The van der Waals surface area contributed by atoms with Gasteiger partial charge in [-0.15, -0.1) is 0 Å².